The molecule has 1 rings (SSSR count). The van der Waals surface area contributed by atoms with Crippen LogP contribution in [0.5, 0.6) is 0 Å². The molecule has 0 radical (unpaired) electrons. The van der Waals surface area contributed by atoms with E-state index in [0.717, 1.165) is 7.11 Å². The average molecular weight is 180 g/mol. The number of aliphatic hydroxyl groups excluding tert-OH is 2. The summed E-state index contributed by atoms with van der Waals surface area (Å²) < 4.78 is 21.4. The second-order valence-corrected chi connectivity index (χ2v) is 2.41. The lowest BCUT2D eigenvalue weighted by atomic mass is 10.2. The van der Waals surface area contributed by atoms with Crippen LogP contribution in [0.15, 0.2) is 0 Å². The lowest BCUT2D eigenvalue weighted by Gasteiger charge is -2.08. The predicted molar refractivity (Wildman–Crippen MR) is 33.8 cm³/mol. The van der Waals surface area contributed by atoms with Crippen LogP contribution < -0.4 is 0 Å². The van der Waals surface area contributed by atoms with Crippen molar-refractivity contribution in [3.05, 3.63) is 0 Å². The minimum atomic E-state index is -1.94. The van der Waals surface area contributed by atoms with Crippen LogP contribution in [0, 0.1) is 0 Å². The predicted octanol–water partition coefficient (Wildman–Crippen LogP) is -1.42. The SMILES string of the molecule is COC(=O)[C@H]1OC(O)[C@H](O)[C@H]1F. The zero-order valence-electron chi connectivity index (χ0n) is 6.31. The number of carbonyl (C=O) groups excluding carboxylic acids is 1. The highest BCUT2D eigenvalue weighted by Crippen LogP contribution is 2.23. The van der Waals surface area contributed by atoms with E-state index in [9.17, 15) is 9.18 Å². The lowest BCUT2D eigenvalue weighted by Crippen LogP contribution is -2.33. The van der Waals surface area contributed by atoms with Gasteiger partial charge in [-0.25, -0.2) is 9.18 Å². The largest absolute Gasteiger partial charge is 0.467 e. The van der Waals surface area contributed by atoms with E-state index in [0.29, 0.717) is 0 Å². The summed E-state index contributed by atoms with van der Waals surface area (Å²) in [5.74, 6) is -0.946. The molecule has 0 saturated carbocycles. The summed E-state index contributed by atoms with van der Waals surface area (Å²) >= 11 is 0. The molecule has 0 aromatic carbocycles. The molecule has 0 amide bonds. The monoisotopic (exact) mass is 180 g/mol. The maximum atomic E-state index is 12.8. The van der Waals surface area contributed by atoms with Crippen molar-refractivity contribution in [2.24, 2.45) is 0 Å². The minimum absolute atomic E-state index is 0.946. The van der Waals surface area contributed by atoms with Crippen LogP contribution >= 0.6 is 0 Å². The van der Waals surface area contributed by atoms with Crippen LogP contribution in [0.1, 0.15) is 0 Å². The van der Waals surface area contributed by atoms with Crippen molar-refractivity contribution >= 4 is 5.97 Å². The van der Waals surface area contributed by atoms with E-state index in [4.69, 9.17) is 10.2 Å². The van der Waals surface area contributed by atoms with Crippen molar-refractivity contribution in [3.8, 4) is 0 Å². The van der Waals surface area contributed by atoms with E-state index in [1.807, 2.05) is 0 Å². The molecule has 1 fully saturated rings. The summed E-state index contributed by atoms with van der Waals surface area (Å²) in [5, 5.41) is 17.6. The number of hydrogen-bond acceptors (Lipinski definition) is 5. The summed E-state index contributed by atoms with van der Waals surface area (Å²) in [6.07, 6.45) is -6.81. The van der Waals surface area contributed by atoms with Gasteiger partial charge in [0.15, 0.2) is 18.6 Å². The molecule has 1 aliphatic rings. The van der Waals surface area contributed by atoms with Crippen molar-refractivity contribution in [2.45, 2.75) is 24.7 Å². The van der Waals surface area contributed by atoms with Gasteiger partial charge in [-0.1, -0.05) is 0 Å². The van der Waals surface area contributed by atoms with Crippen LogP contribution in [0.25, 0.3) is 0 Å². The second-order valence-electron chi connectivity index (χ2n) is 2.41. The Hall–Kier alpha value is -0.720. The molecule has 12 heavy (non-hydrogen) atoms. The number of aliphatic hydroxyl groups is 2. The van der Waals surface area contributed by atoms with Gasteiger partial charge in [0.1, 0.15) is 6.10 Å². The zero-order valence-corrected chi connectivity index (χ0v) is 6.31. The van der Waals surface area contributed by atoms with Gasteiger partial charge in [-0.15, -0.1) is 0 Å². The first-order valence-electron chi connectivity index (χ1n) is 3.31. The quantitative estimate of drug-likeness (QED) is 0.484. The average Bonchev–Trinajstić information content (AvgIpc) is 2.32. The number of rotatable bonds is 1. The molecule has 6 heteroatoms. The molecule has 1 saturated heterocycles. The summed E-state index contributed by atoms with van der Waals surface area (Å²) in [6, 6.07) is 0. The summed E-state index contributed by atoms with van der Waals surface area (Å²) in [5.41, 5.74) is 0. The van der Waals surface area contributed by atoms with Gasteiger partial charge in [0, 0.05) is 0 Å². The van der Waals surface area contributed by atoms with Gasteiger partial charge in [-0.2, -0.15) is 0 Å². The third-order valence-corrected chi connectivity index (χ3v) is 1.63. The van der Waals surface area contributed by atoms with Gasteiger partial charge in [-0.05, 0) is 0 Å². The van der Waals surface area contributed by atoms with Crippen LogP contribution in [-0.4, -0.2) is 48.0 Å². The molecule has 4 atom stereocenters. The van der Waals surface area contributed by atoms with Crippen LogP contribution in [0.4, 0.5) is 4.39 Å². The number of esters is 1. The fourth-order valence-corrected chi connectivity index (χ4v) is 0.944. The Labute approximate surface area is 67.7 Å². The normalized spacial score (nSPS) is 41.3. The smallest absolute Gasteiger partial charge is 0.338 e. The third kappa shape index (κ3) is 1.40. The molecule has 0 spiro atoms. The Morgan fingerprint density at radius 1 is 1.58 bits per heavy atom. The summed E-state index contributed by atoms with van der Waals surface area (Å²) in [6.45, 7) is 0. The third-order valence-electron chi connectivity index (χ3n) is 1.63. The Balaban J connectivity index is 2.64. The highest BCUT2D eigenvalue weighted by molar-refractivity contribution is 5.75. The van der Waals surface area contributed by atoms with Crippen molar-refractivity contribution in [3.63, 3.8) is 0 Å². The van der Waals surface area contributed by atoms with Gasteiger partial charge in [0.25, 0.3) is 0 Å². The molecule has 70 valence electrons. The molecule has 1 aliphatic heterocycles. The first-order valence-corrected chi connectivity index (χ1v) is 3.31. The number of carbonyl (C=O) groups is 1. The fourth-order valence-electron chi connectivity index (χ4n) is 0.944. The van der Waals surface area contributed by atoms with E-state index >= 15 is 0 Å². The fraction of sp³-hybridized carbons (Fsp3) is 0.833. The van der Waals surface area contributed by atoms with Crippen molar-refractivity contribution < 1.29 is 28.9 Å². The van der Waals surface area contributed by atoms with Crippen LogP contribution in [-0.2, 0) is 14.3 Å². The Morgan fingerprint density at radius 3 is 2.50 bits per heavy atom. The van der Waals surface area contributed by atoms with Gasteiger partial charge < -0.3 is 19.7 Å². The van der Waals surface area contributed by atoms with Gasteiger partial charge in [0.05, 0.1) is 7.11 Å². The first kappa shape index (κ1) is 9.37. The van der Waals surface area contributed by atoms with Crippen LogP contribution in [0.2, 0.25) is 0 Å². The molecule has 1 heterocycles. The number of hydrogen-bond donors (Lipinski definition) is 2. The van der Waals surface area contributed by atoms with Gasteiger partial charge in [0.2, 0.25) is 0 Å². The molecular weight excluding hydrogens is 171 g/mol. The first-order chi connectivity index (χ1) is 5.57. The number of halogens is 1. The molecule has 0 aromatic rings. The van der Waals surface area contributed by atoms with Gasteiger partial charge in [-0.3, -0.25) is 0 Å². The summed E-state index contributed by atoms with van der Waals surface area (Å²) in [7, 11) is 1.06. The van der Waals surface area contributed by atoms with Crippen molar-refractivity contribution in [1.29, 1.82) is 0 Å². The Bertz CT molecular complexity index is 185. The Morgan fingerprint density at radius 2 is 2.17 bits per heavy atom. The van der Waals surface area contributed by atoms with E-state index in [1.165, 1.54) is 0 Å². The molecule has 0 aromatic heterocycles. The van der Waals surface area contributed by atoms with E-state index in [-0.39, 0.29) is 0 Å². The van der Waals surface area contributed by atoms with E-state index < -0.39 is 30.6 Å². The Kier molecular flexibility index (Phi) is 2.61. The topological polar surface area (TPSA) is 76.0 Å². The van der Waals surface area contributed by atoms with Crippen molar-refractivity contribution in [2.75, 3.05) is 7.11 Å². The summed E-state index contributed by atoms with van der Waals surface area (Å²) in [4.78, 5) is 10.7. The van der Waals surface area contributed by atoms with Crippen molar-refractivity contribution in [1.82, 2.24) is 0 Å². The molecule has 0 aliphatic carbocycles. The van der Waals surface area contributed by atoms with E-state index in [2.05, 4.69) is 9.47 Å². The molecule has 5 nitrogen and oxygen atoms in total. The molecule has 2 N–H and O–H groups in total. The van der Waals surface area contributed by atoms with E-state index in [1.54, 1.807) is 0 Å². The van der Waals surface area contributed by atoms with Crippen LogP contribution in [0.3, 0.4) is 0 Å². The van der Waals surface area contributed by atoms with Gasteiger partial charge >= 0.3 is 5.97 Å². The molecular formula is C6H9FO5. The second kappa shape index (κ2) is 3.34. The standard InChI is InChI=1S/C6H9FO5/c1-11-6(10)4-2(7)3(8)5(9)12-4/h2-5,8-9H,1H3/t2-,3-,4+,5?/m1/s1. The molecule has 1 unspecified atom stereocenters. The highest BCUT2D eigenvalue weighted by Gasteiger charge is 2.47. The highest BCUT2D eigenvalue weighted by atomic mass is 19.1. The zero-order chi connectivity index (χ0) is 9.30. The lowest BCUT2D eigenvalue weighted by molar-refractivity contribution is -0.168. The number of methoxy groups -OCH3 is 1. The minimum Gasteiger partial charge on any atom is -0.467 e. The maximum absolute atomic E-state index is 12.8. The number of ether oxygens (including phenoxy) is 2. The number of alkyl halides is 1. The maximum Gasteiger partial charge on any atom is 0.338 e. The molecule has 0 bridgehead atoms.